The third-order valence-electron chi connectivity index (χ3n) is 2.41. The van der Waals surface area contributed by atoms with E-state index in [0.717, 1.165) is 0 Å². The molecule has 0 atom stereocenters. The molecule has 4 nitrogen and oxygen atoms in total. The lowest BCUT2D eigenvalue weighted by Crippen LogP contribution is -1.97. The van der Waals surface area contributed by atoms with E-state index < -0.39 is 5.82 Å². The van der Waals surface area contributed by atoms with Crippen molar-refractivity contribution in [2.24, 2.45) is 0 Å². The topological polar surface area (TPSA) is 57.9 Å². The number of benzene rings is 1. The SMILES string of the molecule is CCOc1ccc(Nc2ccc(F)cc2C#N)cn1. The van der Waals surface area contributed by atoms with Crippen LogP contribution in [0.4, 0.5) is 15.8 Å². The van der Waals surface area contributed by atoms with Gasteiger partial charge in [0, 0.05) is 6.07 Å². The highest BCUT2D eigenvalue weighted by Gasteiger charge is 2.04. The predicted molar refractivity (Wildman–Crippen MR) is 69.8 cm³/mol. The highest BCUT2D eigenvalue weighted by atomic mass is 19.1. The molecular weight excluding hydrogens is 245 g/mol. The summed E-state index contributed by atoms with van der Waals surface area (Å²) in [5.74, 6) is 0.0968. The molecule has 0 spiro atoms. The molecule has 5 heteroatoms. The lowest BCUT2D eigenvalue weighted by atomic mass is 10.2. The van der Waals surface area contributed by atoms with Gasteiger partial charge in [0.15, 0.2) is 0 Å². The minimum absolute atomic E-state index is 0.244. The first-order valence-corrected chi connectivity index (χ1v) is 5.78. The Morgan fingerprint density at radius 1 is 1.37 bits per heavy atom. The van der Waals surface area contributed by atoms with Crippen molar-refractivity contribution in [3.63, 3.8) is 0 Å². The number of hydrogen-bond acceptors (Lipinski definition) is 4. The summed E-state index contributed by atoms with van der Waals surface area (Å²) >= 11 is 0. The summed E-state index contributed by atoms with van der Waals surface area (Å²) in [5, 5.41) is 12.0. The molecule has 0 aliphatic heterocycles. The second-order valence-corrected chi connectivity index (χ2v) is 3.74. The van der Waals surface area contributed by atoms with E-state index >= 15 is 0 Å². The van der Waals surface area contributed by atoms with Gasteiger partial charge in [-0.15, -0.1) is 0 Å². The third kappa shape index (κ3) is 3.19. The van der Waals surface area contributed by atoms with E-state index in [1.165, 1.54) is 18.2 Å². The summed E-state index contributed by atoms with van der Waals surface area (Å²) in [4.78, 5) is 4.10. The number of pyridine rings is 1. The van der Waals surface area contributed by atoms with Gasteiger partial charge >= 0.3 is 0 Å². The van der Waals surface area contributed by atoms with E-state index in [1.54, 1.807) is 18.3 Å². The van der Waals surface area contributed by atoms with Crippen molar-refractivity contribution < 1.29 is 9.13 Å². The molecule has 0 saturated heterocycles. The fraction of sp³-hybridized carbons (Fsp3) is 0.143. The summed E-state index contributed by atoms with van der Waals surface area (Å²) in [7, 11) is 0. The second-order valence-electron chi connectivity index (χ2n) is 3.74. The zero-order valence-corrected chi connectivity index (χ0v) is 10.4. The van der Waals surface area contributed by atoms with E-state index in [9.17, 15) is 4.39 Å². The number of halogens is 1. The summed E-state index contributed by atoms with van der Waals surface area (Å²) in [6.07, 6.45) is 1.59. The molecule has 0 aliphatic carbocycles. The Hall–Kier alpha value is -2.61. The summed E-state index contributed by atoms with van der Waals surface area (Å²) in [6, 6.07) is 9.44. The Bertz CT molecular complexity index is 605. The van der Waals surface area contributed by atoms with Crippen molar-refractivity contribution in [3.05, 3.63) is 47.9 Å². The Balaban J connectivity index is 2.19. The van der Waals surface area contributed by atoms with Crippen LogP contribution in [0.5, 0.6) is 5.88 Å². The Morgan fingerprint density at radius 2 is 2.21 bits per heavy atom. The summed E-state index contributed by atoms with van der Waals surface area (Å²) in [6.45, 7) is 2.43. The summed E-state index contributed by atoms with van der Waals surface area (Å²) in [5.41, 5.74) is 1.48. The molecule has 2 rings (SSSR count). The van der Waals surface area contributed by atoms with E-state index in [1.807, 2.05) is 13.0 Å². The maximum absolute atomic E-state index is 13.0. The zero-order valence-electron chi connectivity index (χ0n) is 10.4. The van der Waals surface area contributed by atoms with E-state index in [-0.39, 0.29) is 5.56 Å². The zero-order chi connectivity index (χ0) is 13.7. The number of nitrogens with zero attached hydrogens (tertiary/aromatic N) is 2. The van der Waals surface area contributed by atoms with Crippen LogP contribution in [0, 0.1) is 17.1 Å². The second kappa shape index (κ2) is 5.83. The highest BCUT2D eigenvalue weighted by Crippen LogP contribution is 2.21. The molecule has 0 unspecified atom stereocenters. The van der Waals surface area contributed by atoms with Gasteiger partial charge in [-0.2, -0.15) is 5.26 Å². The first-order chi connectivity index (χ1) is 9.22. The van der Waals surface area contributed by atoms with Gasteiger partial charge in [-0.3, -0.25) is 0 Å². The molecular formula is C14H12FN3O. The van der Waals surface area contributed by atoms with E-state index in [4.69, 9.17) is 10.00 Å². The molecule has 1 N–H and O–H groups in total. The molecule has 0 radical (unpaired) electrons. The molecule has 0 fully saturated rings. The fourth-order valence-electron chi connectivity index (χ4n) is 1.56. The quantitative estimate of drug-likeness (QED) is 0.913. The van der Waals surface area contributed by atoms with Crippen LogP contribution in [-0.2, 0) is 0 Å². The predicted octanol–water partition coefficient (Wildman–Crippen LogP) is 3.23. The Kier molecular flexibility index (Phi) is 3.94. The number of nitrogens with one attached hydrogen (secondary N) is 1. The molecule has 96 valence electrons. The average Bonchev–Trinajstić information content (AvgIpc) is 2.43. The minimum Gasteiger partial charge on any atom is -0.478 e. The number of nitriles is 1. The van der Waals surface area contributed by atoms with Crippen molar-refractivity contribution in [3.8, 4) is 11.9 Å². The van der Waals surface area contributed by atoms with Crippen molar-refractivity contribution in [2.45, 2.75) is 6.92 Å². The van der Waals surface area contributed by atoms with Gasteiger partial charge < -0.3 is 10.1 Å². The number of anilines is 2. The maximum atomic E-state index is 13.0. The number of hydrogen-bond donors (Lipinski definition) is 1. The lowest BCUT2D eigenvalue weighted by Gasteiger charge is -2.08. The molecule has 2 aromatic rings. The molecule has 0 bridgehead atoms. The highest BCUT2D eigenvalue weighted by molar-refractivity contribution is 5.66. The van der Waals surface area contributed by atoms with Gasteiger partial charge in [0.1, 0.15) is 11.9 Å². The van der Waals surface area contributed by atoms with Crippen LogP contribution < -0.4 is 10.1 Å². The summed E-state index contributed by atoms with van der Waals surface area (Å²) < 4.78 is 18.2. The van der Waals surface area contributed by atoms with Crippen molar-refractivity contribution in [2.75, 3.05) is 11.9 Å². The number of rotatable bonds is 4. The molecule has 1 aromatic carbocycles. The van der Waals surface area contributed by atoms with Crippen LogP contribution in [0.1, 0.15) is 12.5 Å². The van der Waals surface area contributed by atoms with Crippen LogP contribution in [0.15, 0.2) is 36.5 Å². The first-order valence-electron chi connectivity index (χ1n) is 5.78. The van der Waals surface area contributed by atoms with Gasteiger partial charge in [-0.05, 0) is 31.2 Å². The van der Waals surface area contributed by atoms with Gasteiger partial charge in [0.2, 0.25) is 5.88 Å². The average molecular weight is 257 g/mol. The van der Waals surface area contributed by atoms with Crippen molar-refractivity contribution in [1.29, 1.82) is 5.26 Å². The van der Waals surface area contributed by atoms with Crippen LogP contribution in [0.3, 0.4) is 0 Å². The van der Waals surface area contributed by atoms with Crippen LogP contribution in [0.25, 0.3) is 0 Å². The third-order valence-corrected chi connectivity index (χ3v) is 2.41. The minimum atomic E-state index is -0.438. The van der Waals surface area contributed by atoms with Gasteiger partial charge in [-0.25, -0.2) is 9.37 Å². The number of aromatic nitrogens is 1. The van der Waals surface area contributed by atoms with Crippen LogP contribution >= 0.6 is 0 Å². The van der Waals surface area contributed by atoms with Gasteiger partial charge in [0.25, 0.3) is 0 Å². The molecule has 19 heavy (non-hydrogen) atoms. The number of ether oxygens (including phenoxy) is 1. The monoisotopic (exact) mass is 257 g/mol. The first kappa shape index (κ1) is 12.8. The standard InChI is InChI=1S/C14H12FN3O/c1-2-19-14-6-4-12(9-17-14)18-13-5-3-11(15)7-10(13)8-16/h3-7,9,18H,2H2,1H3. The molecule has 0 aliphatic rings. The Labute approximate surface area is 110 Å². The van der Waals surface area contributed by atoms with Crippen molar-refractivity contribution in [1.82, 2.24) is 4.98 Å². The Morgan fingerprint density at radius 3 is 2.84 bits per heavy atom. The van der Waals surface area contributed by atoms with Gasteiger partial charge in [-0.1, -0.05) is 0 Å². The molecule has 1 aromatic heterocycles. The van der Waals surface area contributed by atoms with E-state index in [2.05, 4.69) is 10.3 Å². The smallest absolute Gasteiger partial charge is 0.213 e. The lowest BCUT2D eigenvalue weighted by molar-refractivity contribution is 0.327. The largest absolute Gasteiger partial charge is 0.478 e. The van der Waals surface area contributed by atoms with Crippen LogP contribution in [-0.4, -0.2) is 11.6 Å². The molecule has 0 amide bonds. The molecule has 0 saturated carbocycles. The molecule has 1 heterocycles. The van der Waals surface area contributed by atoms with E-state index in [0.29, 0.717) is 23.9 Å². The fourth-order valence-corrected chi connectivity index (χ4v) is 1.56. The van der Waals surface area contributed by atoms with Gasteiger partial charge in [0.05, 0.1) is 29.7 Å². The van der Waals surface area contributed by atoms with Crippen molar-refractivity contribution >= 4 is 11.4 Å². The van der Waals surface area contributed by atoms with Crippen LogP contribution in [0.2, 0.25) is 0 Å². The maximum Gasteiger partial charge on any atom is 0.213 e. The normalized spacial score (nSPS) is 9.74.